The van der Waals surface area contributed by atoms with Gasteiger partial charge in [0.05, 0.1) is 17.7 Å². The van der Waals surface area contributed by atoms with E-state index in [4.69, 9.17) is 4.42 Å². The summed E-state index contributed by atoms with van der Waals surface area (Å²) >= 11 is 0. The van der Waals surface area contributed by atoms with E-state index < -0.39 is 15.9 Å². The summed E-state index contributed by atoms with van der Waals surface area (Å²) in [6.45, 7) is 2.32. The number of sulfonamides is 1. The molecule has 0 aliphatic rings. The molecule has 9 nitrogen and oxygen atoms in total. The van der Waals surface area contributed by atoms with E-state index in [2.05, 4.69) is 15.4 Å². The predicted molar refractivity (Wildman–Crippen MR) is 121 cm³/mol. The molecule has 0 bridgehead atoms. The molecule has 0 fully saturated rings. The summed E-state index contributed by atoms with van der Waals surface area (Å²) < 4.78 is 32.7. The van der Waals surface area contributed by atoms with Gasteiger partial charge in [-0.05, 0) is 61.4 Å². The van der Waals surface area contributed by atoms with Gasteiger partial charge in [0.2, 0.25) is 10.0 Å². The second kappa shape index (κ2) is 10.8. The van der Waals surface area contributed by atoms with Crippen molar-refractivity contribution in [2.75, 3.05) is 13.1 Å². The van der Waals surface area contributed by atoms with Crippen molar-refractivity contribution in [2.45, 2.75) is 24.8 Å². The Kier molecular flexibility index (Phi) is 7.86. The molecule has 1 aromatic heterocycles. The maximum atomic E-state index is 12.6. The van der Waals surface area contributed by atoms with E-state index >= 15 is 0 Å². The van der Waals surface area contributed by atoms with Crippen LogP contribution in [0.4, 0.5) is 0 Å². The molecular formula is C23H25N3O6S. The quantitative estimate of drug-likeness (QED) is 0.335. The number of aryl methyl sites for hydroxylation is 1. The summed E-state index contributed by atoms with van der Waals surface area (Å²) in [4.78, 5) is 24.6. The van der Waals surface area contributed by atoms with Gasteiger partial charge in [0, 0.05) is 24.2 Å². The van der Waals surface area contributed by atoms with Crippen molar-refractivity contribution in [3.8, 4) is 5.75 Å². The Morgan fingerprint density at radius 2 is 1.73 bits per heavy atom. The van der Waals surface area contributed by atoms with Crippen LogP contribution in [-0.4, -0.2) is 38.4 Å². The van der Waals surface area contributed by atoms with Crippen molar-refractivity contribution < 1.29 is 27.5 Å². The van der Waals surface area contributed by atoms with Gasteiger partial charge in [-0.25, -0.2) is 13.1 Å². The molecule has 174 valence electrons. The first-order chi connectivity index (χ1) is 15.8. The highest BCUT2D eigenvalue weighted by molar-refractivity contribution is 7.89. The molecule has 2 aromatic carbocycles. The Bertz CT molecular complexity index is 1220. The molecule has 0 aliphatic heterocycles. The molecule has 0 aliphatic carbocycles. The van der Waals surface area contributed by atoms with Crippen molar-refractivity contribution in [2.24, 2.45) is 0 Å². The first-order valence-corrected chi connectivity index (χ1v) is 11.7. The van der Waals surface area contributed by atoms with Crippen LogP contribution >= 0.6 is 0 Å². The molecule has 0 saturated carbocycles. The minimum Gasteiger partial charge on any atom is -0.508 e. The number of aromatic hydroxyl groups is 1. The molecular weight excluding hydrogens is 446 g/mol. The molecule has 3 rings (SSSR count). The van der Waals surface area contributed by atoms with Crippen LogP contribution in [0.5, 0.6) is 5.75 Å². The Balaban J connectivity index is 1.51. The lowest BCUT2D eigenvalue weighted by atomic mass is 10.1. The molecule has 4 N–H and O–H groups in total. The van der Waals surface area contributed by atoms with Gasteiger partial charge < -0.3 is 20.2 Å². The van der Waals surface area contributed by atoms with Crippen LogP contribution in [0.15, 0.2) is 70.2 Å². The zero-order chi connectivity index (χ0) is 23.8. The Morgan fingerprint density at radius 3 is 2.42 bits per heavy atom. The largest absolute Gasteiger partial charge is 0.508 e. The number of benzene rings is 2. The monoisotopic (exact) mass is 471 g/mol. The summed E-state index contributed by atoms with van der Waals surface area (Å²) in [6, 6.07) is 13.7. The fourth-order valence-corrected chi connectivity index (χ4v) is 4.03. The minimum atomic E-state index is -3.83. The van der Waals surface area contributed by atoms with Crippen LogP contribution in [0, 0.1) is 6.92 Å². The Hall–Kier alpha value is -3.63. The third kappa shape index (κ3) is 6.67. The predicted octanol–water partition coefficient (Wildman–Crippen LogP) is 2.32. The third-order valence-corrected chi connectivity index (χ3v) is 6.21. The highest BCUT2D eigenvalue weighted by Crippen LogP contribution is 2.16. The number of phenolic OH excluding ortho intramolecular Hbond substituents is 1. The zero-order valence-electron chi connectivity index (χ0n) is 18.0. The lowest BCUT2D eigenvalue weighted by Crippen LogP contribution is -2.30. The molecule has 3 aromatic rings. The molecule has 10 heteroatoms. The summed E-state index contributed by atoms with van der Waals surface area (Å²) in [5, 5.41) is 14.9. The number of hydrogen-bond donors (Lipinski definition) is 4. The number of rotatable bonds is 10. The topological polar surface area (TPSA) is 138 Å². The number of carbonyl (C=O) groups is 2. The van der Waals surface area contributed by atoms with Crippen LogP contribution in [0.1, 0.15) is 38.5 Å². The fraction of sp³-hybridized carbons (Fsp3) is 0.217. The maximum Gasteiger partial charge on any atom is 0.251 e. The van der Waals surface area contributed by atoms with E-state index in [0.717, 1.165) is 0 Å². The van der Waals surface area contributed by atoms with Gasteiger partial charge in [-0.1, -0.05) is 12.1 Å². The highest BCUT2D eigenvalue weighted by Gasteiger charge is 2.18. The van der Waals surface area contributed by atoms with Crippen molar-refractivity contribution in [1.82, 2.24) is 15.4 Å². The number of phenols is 1. The van der Waals surface area contributed by atoms with E-state index in [-0.39, 0.29) is 35.2 Å². The smallest absolute Gasteiger partial charge is 0.251 e. The molecule has 1 heterocycles. The first kappa shape index (κ1) is 24.0. The summed E-state index contributed by atoms with van der Waals surface area (Å²) in [6.07, 6.45) is 1.92. The van der Waals surface area contributed by atoms with Gasteiger partial charge in [-0.3, -0.25) is 9.59 Å². The normalized spacial score (nSPS) is 11.2. The van der Waals surface area contributed by atoms with Gasteiger partial charge in [-0.15, -0.1) is 0 Å². The van der Waals surface area contributed by atoms with E-state index in [1.54, 1.807) is 37.3 Å². The van der Waals surface area contributed by atoms with Crippen molar-refractivity contribution in [1.29, 1.82) is 0 Å². The second-order valence-electron chi connectivity index (χ2n) is 7.30. The van der Waals surface area contributed by atoms with E-state index in [0.29, 0.717) is 29.9 Å². The van der Waals surface area contributed by atoms with Gasteiger partial charge >= 0.3 is 0 Å². The molecule has 0 unspecified atom stereocenters. The van der Waals surface area contributed by atoms with Gasteiger partial charge in [0.15, 0.2) is 0 Å². The lowest BCUT2D eigenvalue weighted by molar-refractivity contribution is 0.0951. The summed E-state index contributed by atoms with van der Waals surface area (Å²) in [5.41, 5.74) is 1.22. The lowest BCUT2D eigenvalue weighted by Gasteiger charge is -2.11. The first-order valence-electron chi connectivity index (χ1n) is 10.2. The number of nitrogens with one attached hydrogen (secondary N) is 3. The average Bonchev–Trinajstić information content (AvgIpc) is 3.31. The SMILES string of the molecule is Cc1ccc(S(=O)(=O)NCc2ccco2)cc1C(=O)NCCCNC(=O)c1cccc(O)c1. The number of carbonyl (C=O) groups excluding carboxylic acids is 2. The summed E-state index contributed by atoms with van der Waals surface area (Å²) in [5.74, 6) is -0.256. The van der Waals surface area contributed by atoms with Gasteiger partial charge in [0.25, 0.3) is 11.8 Å². The van der Waals surface area contributed by atoms with Crippen LogP contribution in [0.2, 0.25) is 0 Å². The van der Waals surface area contributed by atoms with Crippen molar-refractivity contribution in [3.05, 3.63) is 83.3 Å². The highest BCUT2D eigenvalue weighted by atomic mass is 32.2. The Morgan fingerprint density at radius 1 is 0.970 bits per heavy atom. The standard InChI is InChI=1S/C23H25N3O6S/c1-16-8-9-20(33(30,31)26-15-19-7-3-12-32-19)14-21(16)23(29)25-11-4-10-24-22(28)17-5-2-6-18(27)13-17/h2-3,5-9,12-14,26-27H,4,10-11,15H2,1H3,(H,24,28)(H,25,29). The van der Waals surface area contributed by atoms with E-state index in [1.165, 1.54) is 30.5 Å². The summed E-state index contributed by atoms with van der Waals surface area (Å²) in [7, 11) is -3.83. The molecule has 0 atom stereocenters. The van der Waals surface area contributed by atoms with E-state index in [9.17, 15) is 23.1 Å². The van der Waals surface area contributed by atoms with Crippen molar-refractivity contribution >= 4 is 21.8 Å². The molecule has 2 amide bonds. The van der Waals surface area contributed by atoms with Crippen LogP contribution in [0.3, 0.4) is 0 Å². The molecule has 0 radical (unpaired) electrons. The van der Waals surface area contributed by atoms with Gasteiger partial charge in [-0.2, -0.15) is 0 Å². The zero-order valence-corrected chi connectivity index (χ0v) is 18.8. The number of furan rings is 1. The van der Waals surface area contributed by atoms with Gasteiger partial charge in [0.1, 0.15) is 11.5 Å². The Labute approximate surface area is 191 Å². The van der Waals surface area contributed by atoms with Crippen LogP contribution in [0.25, 0.3) is 0 Å². The maximum absolute atomic E-state index is 12.6. The van der Waals surface area contributed by atoms with Crippen molar-refractivity contribution in [3.63, 3.8) is 0 Å². The molecule has 0 saturated heterocycles. The van der Waals surface area contributed by atoms with Crippen LogP contribution in [-0.2, 0) is 16.6 Å². The molecule has 33 heavy (non-hydrogen) atoms. The minimum absolute atomic E-state index is 0.000934. The number of hydrogen-bond acceptors (Lipinski definition) is 6. The van der Waals surface area contributed by atoms with Crippen LogP contribution < -0.4 is 15.4 Å². The fourth-order valence-electron chi connectivity index (χ4n) is 3.01. The third-order valence-electron chi connectivity index (χ3n) is 4.81. The molecule has 0 spiro atoms. The van der Waals surface area contributed by atoms with E-state index in [1.807, 2.05) is 0 Å². The average molecular weight is 472 g/mol. The second-order valence-corrected chi connectivity index (χ2v) is 9.06. The number of amides is 2.